The molecule has 9 nitrogen and oxygen atoms in total. The number of carbonyl (C=O) groups excluding carboxylic acids is 1. The van der Waals surface area contributed by atoms with Gasteiger partial charge in [0.1, 0.15) is 12.7 Å². The SMILES string of the molecule is COc1ccc(-c2ccnn2CCOC(=O)Nc2ccc(C#N)cc2)cc1O[C@@H]1CCOC1. The number of ether oxygens (including phenoxy) is 4. The molecule has 170 valence electrons. The Hall–Kier alpha value is -4.03. The molecule has 3 aromatic rings. The number of hydrogen-bond acceptors (Lipinski definition) is 7. The number of hydrogen-bond donors (Lipinski definition) is 1. The van der Waals surface area contributed by atoms with Crippen LogP contribution in [0.3, 0.4) is 0 Å². The van der Waals surface area contributed by atoms with E-state index in [1.54, 1.807) is 42.3 Å². The molecule has 0 bridgehead atoms. The van der Waals surface area contributed by atoms with Crippen LogP contribution in [0, 0.1) is 11.3 Å². The van der Waals surface area contributed by atoms with Crippen molar-refractivity contribution in [1.82, 2.24) is 9.78 Å². The Balaban J connectivity index is 1.37. The van der Waals surface area contributed by atoms with Crippen molar-refractivity contribution in [3.8, 4) is 28.8 Å². The zero-order valence-corrected chi connectivity index (χ0v) is 18.2. The molecule has 1 fully saturated rings. The Labute approximate surface area is 191 Å². The van der Waals surface area contributed by atoms with Crippen LogP contribution in [0.2, 0.25) is 0 Å². The number of nitrogens with zero attached hydrogens (tertiary/aromatic N) is 3. The first-order chi connectivity index (χ1) is 16.2. The highest BCUT2D eigenvalue weighted by atomic mass is 16.6. The van der Waals surface area contributed by atoms with Crippen LogP contribution in [0.1, 0.15) is 12.0 Å². The zero-order chi connectivity index (χ0) is 23.0. The first-order valence-electron chi connectivity index (χ1n) is 10.5. The van der Waals surface area contributed by atoms with Gasteiger partial charge < -0.3 is 18.9 Å². The Morgan fingerprint density at radius 3 is 2.82 bits per heavy atom. The first kappa shape index (κ1) is 22.2. The average Bonchev–Trinajstić information content (AvgIpc) is 3.52. The van der Waals surface area contributed by atoms with Gasteiger partial charge in [0.15, 0.2) is 11.5 Å². The molecule has 0 unspecified atom stereocenters. The molecular weight excluding hydrogens is 424 g/mol. The normalized spacial score (nSPS) is 15.0. The van der Waals surface area contributed by atoms with E-state index in [9.17, 15) is 4.79 Å². The number of nitriles is 1. The van der Waals surface area contributed by atoms with Gasteiger partial charge >= 0.3 is 6.09 Å². The number of benzene rings is 2. The zero-order valence-electron chi connectivity index (χ0n) is 18.2. The van der Waals surface area contributed by atoms with E-state index in [4.69, 9.17) is 24.2 Å². The van der Waals surface area contributed by atoms with Gasteiger partial charge in [-0.3, -0.25) is 10.00 Å². The average molecular weight is 448 g/mol. The molecule has 1 aliphatic rings. The maximum absolute atomic E-state index is 12.1. The van der Waals surface area contributed by atoms with Gasteiger partial charge in [-0.15, -0.1) is 0 Å². The minimum absolute atomic E-state index is 0.00192. The van der Waals surface area contributed by atoms with Gasteiger partial charge in [0.05, 0.1) is 44.2 Å². The molecule has 1 aliphatic heterocycles. The lowest BCUT2D eigenvalue weighted by molar-refractivity contribution is 0.138. The molecule has 4 rings (SSSR count). The number of amides is 1. The van der Waals surface area contributed by atoms with E-state index in [0.29, 0.717) is 42.5 Å². The van der Waals surface area contributed by atoms with Gasteiger partial charge in [0.2, 0.25) is 0 Å². The first-order valence-corrected chi connectivity index (χ1v) is 10.5. The van der Waals surface area contributed by atoms with E-state index in [1.165, 1.54) is 0 Å². The maximum Gasteiger partial charge on any atom is 0.411 e. The van der Waals surface area contributed by atoms with Crippen LogP contribution >= 0.6 is 0 Å². The minimum Gasteiger partial charge on any atom is -0.493 e. The molecule has 1 aromatic heterocycles. The minimum atomic E-state index is -0.577. The molecule has 33 heavy (non-hydrogen) atoms. The summed E-state index contributed by atoms with van der Waals surface area (Å²) in [7, 11) is 1.61. The van der Waals surface area contributed by atoms with E-state index in [0.717, 1.165) is 17.7 Å². The number of anilines is 1. The number of rotatable bonds is 8. The Morgan fingerprint density at radius 2 is 2.09 bits per heavy atom. The molecule has 1 amide bonds. The summed E-state index contributed by atoms with van der Waals surface area (Å²) in [5.41, 5.74) is 2.84. The molecule has 1 atom stereocenters. The molecule has 9 heteroatoms. The molecule has 0 spiro atoms. The van der Waals surface area contributed by atoms with Crippen LogP contribution in [0.5, 0.6) is 11.5 Å². The number of nitrogens with one attached hydrogen (secondary N) is 1. The summed E-state index contributed by atoms with van der Waals surface area (Å²) in [5.74, 6) is 1.30. The summed E-state index contributed by atoms with van der Waals surface area (Å²) >= 11 is 0. The van der Waals surface area contributed by atoms with Crippen molar-refractivity contribution in [3.63, 3.8) is 0 Å². The second-order valence-corrected chi connectivity index (χ2v) is 7.36. The molecule has 0 aliphatic carbocycles. The van der Waals surface area contributed by atoms with E-state index >= 15 is 0 Å². The summed E-state index contributed by atoms with van der Waals surface area (Å²) in [5, 5.41) is 15.8. The molecule has 0 saturated carbocycles. The summed E-state index contributed by atoms with van der Waals surface area (Å²) in [6.45, 7) is 1.77. The van der Waals surface area contributed by atoms with Crippen LogP contribution < -0.4 is 14.8 Å². The largest absolute Gasteiger partial charge is 0.493 e. The second-order valence-electron chi connectivity index (χ2n) is 7.36. The second kappa shape index (κ2) is 10.5. The van der Waals surface area contributed by atoms with Crippen molar-refractivity contribution < 1.29 is 23.7 Å². The third-order valence-corrected chi connectivity index (χ3v) is 5.15. The van der Waals surface area contributed by atoms with E-state index in [1.807, 2.05) is 30.3 Å². The van der Waals surface area contributed by atoms with Crippen LogP contribution in [-0.2, 0) is 16.0 Å². The van der Waals surface area contributed by atoms with Crippen molar-refractivity contribution in [2.45, 2.75) is 19.1 Å². The molecule has 0 radical (unpaired) electrons. The third kappa shape index (κ3) is 5.61. The molecule has 1 saturated heterocycles. The lowest BCUT2D eigenvalue weighted by Gasteiger charge is -2.16. The highest BCUT2D eigenvalue weighted by Crippen LogP contribution is 2.34. The van der Waals surface area contributed by atoms with Crippen molar-refractivity contribution in [3.05, 3.63) is 60.3 Å². The predicted octanol–water partition coefficient (Wildman–Crippen LogP) is 3.85. The fraction of sp³-hybridized carbons (Fsp3) is 0.292. The molecule has 2 aromatic carbocycles. The number of carbonyl (C=O) groups is 1. The Kier molecular flexibility index (Phi) is 7.07. The van der Waals surface area contributed by atoms with Crippen molar-refractivity contribution in [1.29, 1.82) is 5.26 Å². The van der Waals surface area contributed by atoms with E-state index in [2.05, 4.69) is 10.4 Å². The summed E-state index contributed by atoms with van der Waals surface area (Å²) in [6, 6.07) is 16.2. The van der Waals surface area contributed by atoms with Crippen molar-refractivity contribution >= 4 is 11.8 Å². The summed E-state index contributed by atoms with van der Waals surface area (Å²) < 4.78 is 24.0. The highest BCUT2D eigenvalue weighted by molar-refractivity contribution is 5.84. The quantitative estimate of drug-likeness (QED) is 0.558. The Bertz CT molecular complexity index is 1130. The van der Waals surface area contributed by atoms with Crippen LogP contribution in [0.25, 0.3) is 11.3 Å². The molecular formula is C24H24N4O5. The number of methoxy groups -OCH3 is 1. The Morgan fingerprint density at radius 1 is 1.24 bits per heavy atom. The van der Waals surface area contributed by atoms with Gasteiger partial charge in [0.25, 0.3) is 0 Å². The van der Waals surface area contributed by atoms with Gasteiger partial charge in [0, 0.05) is 23.9 Å². The standard InChI is InChI=1S/C24H24N4O5/c1-30-22-7-4-18(14-23(22)33-20-9-12-31-16-20)21-8-10-26-28(21)11-13-32-24(29)27-19-5-2-17(15-25)3-6-19/h2-8,10,14,20H,9,11-13,16H2,1H3,(H,27,29)/t20-/m1/s1. The van der Waals surface area contributed by atoms with Crippen LogP contribution in [-0.4, -0.2) is 48.9 Å². The maximum atomic E-state index is 12.1. The highest BCUT2D eigenvalue weighted by Gasteiger charge is 2.20. The monoisotopic (exact) mass is 448 g/mol. The topological polar surface area (TPSA) is 108 Å². The van der Waals surface area contributed by atoms with Crippen LogP contribution in [0.15, 0.2) is 54.7 Å². The molecule has 1 N–H and O–H groups in total. The molecule has 2 heterocycles. The van der Waals surface area contributed by atoms with Crippen molar-refractivity contribution in [2.75, 3.05) is 32.2 Å². The predicted molar refractivity (Wildman–Crippen MR) is 120 cm³/mol. The van der Waals surface area contributed by atoms with E-state index < -0.39 is 6.09 Å². The van der Waals surface area contributed by atoms with Crippen LogP contribution in [0.4, 0.5) is 10.5 Å². The van der Waals surface area contributed by atoms with Gasteiger partial charge in [-0.05, 0) is 48.5 Å². The fourth-order valence-corrected chi connectivity index (χ4v) is 3.48. The van der Waals surface area contributed by atoms with Crippen molar-refractivity contribution in [2.24, 2.45) is 0 Å². The lowest BCUT2D eigenvalue weighted by Crippen LogP contribution is -2.18. The van der Waals surface area contributed by atoms with Gasteiger partial charge in [-0.1, -0.05) is 0 Å². The van der Waals surface area contributed by atoms with Gasteiger partial charge in [-0.25, -0.2) is 4.79 Å². The fourth-order valence-electron chi connectivity index (χ4n) is 3.48. The van der Waals surface area contributed by atoms with E-state index in [-0.39, 0.29) is 12.7 Å². The smallest absolute Gasteiger partial charge is 0.411 e. The lowest BCUT2D eigenvalue weighted by atomic mass is 10.1. The third-order valence-electron chi connectivity index (χ3n) is 5.15. The summed E-state index contributed by atoms with van der Waals surface area (Å²) in [4.78, 5) is 12.1. The summed E-state index contributed by atoms with van der Waals surface area (Å²) in [6.07, 6.45) is 1.96. The number of aromatic nitrogens is 2. The van der Waals surface area contributed by atoms with Gasteiger partial charge in [-0.2, -0.15) is 10.4 Å².